The monoisotopic (exact) mass is 231 g/mol. The number of nitrogens with zero attached hydrogens (tertiary/aromatic N) is 1. The van der Waals surface area contributed by atoms with E-state index in [0.717, 1.165) is 19.1 Å². The Labute approximate surface area is 88.5 Å². The molecular formula is C9H13NO4S. The Bertz CT molecular complexity index is 390. The predicted molar refractivity (Wildman–Crippen MR) is 52.1 cm³/mol. The summed E-state index contributed by atoms with van der Waals surface area (Å²) in [5.74, 6) is -1.82. The number of hydrogen-bond acceptors (Lipinski definition) is 4. The molecule has 0 aromatic rings. The second-order valence-electron chi connectivity index (χ2n) is 4.20. The zero-order valence-electron chi connectivity index (χ0n) is 8.47. The Hall–Kier alpha value is -0.910. The van der Waals surface area contributed by atoms with Gasteiger partial charge in [-0.15, -0.1) is 0 Å². The summed E-state index contributed by atoms with van der Waals surface area (Å²) in [5, 5.41) is 0. The van der Waals surface area contributed by atoms with E-state index in [0.29, 0.717) is 17.1 Å². The second kappa shape index (κ2) is 3.30. The van der Waals surface area contributed by atoms with Gasteiger partial charge in [-0.2, -0.15) is 4.31 Å². The lowest BCUT2D eigenvalue weighted by Gasteiger charge is -2.19. The summed E-state index contributed by atoms with van der Waals surface area (Å²) in [6.07, 6.45) is 3.98. The van der Waals surface area contributed by atoms with Crippen molar-refractivity contribution in [1.29, 1.82) is 0 Å². The molecule has 2 atom stereocenters. The molecule has 0 aromatic carbocycles. The Morgan fingerprint density at radius 3 is 1.80 bits per heavy atom. The van der Waals surface area contributed by atoms with E-state index in [1.165, 1.54) is 0 Å². The fraction of sp³-hybridized carbons (Fsp3) is 0.778. The lowest BCUT2D eigenvalue weighted by atomic mass is 9.81. The van der Waals surface area contributed by atoms with Crippen molar-refractivity contribution in [3.63, 3.8) is 0 Å². The number of amides is 2. The van der Waals surface area contributed by atoms with Crippen LogP contribution in [-0.2, 0) is 19.6 Å². The Balaban J connectivity index is 2.38. The summed E-state index contributed by atoms with van der Waals surface area (Å²) in [7, 11) is -3.72. The molecule has 1 saturated carbocycles. The highest BCUT2D eigenvalue weighted by molar-refractivity contribution is 7.89. The minimum absolute atomic E-state index is 0.388. The third-order valence-corrected chi connectivity index (χ3v) is 4.16. The minimum Gasteiger partial charge on any atom is -0.273 e. The van der Waals surface area contributed by atoms with Gasteiger partial charge in [0, 0.05) is 0 Å². The van der Waals surface area contributed by atoms with Crippen molar-refractivity contribution >= 4 is 21.8 Å². The van der Waals surface area contributed by atoms with Gasteiger partial charge in [-0.1, -0.05) is 12.8 Å². The van der Waals surface area contributed by atoms with E-state index < -0.39 is 21.8 Å². The van der Waals surface area contributed by atoms with E-state index in [9.17, 15) is 18.0 Å². The number of imide groups is 1. The molecule has 1 heterocycles. The van der Waals surface area contributed by atoms with Gasteiger partial charge in [-0.05, 0) is 12.8 Å². The van der Waals surface area contributed by atoms with Gasteiger partial charge in [-0.3, -0.25) is 9.59 Å². The normalized spacial score (nSPS) is 31.9. The van der Waals surface area contributed by atoms with Gasteiger partial charge < -0.3 is 0 Å². The standard InChI is InChI=1S/C9H13NO4S/c1-15(13,14)10-8(11)6-4-2-3-5-7(6)9(10)12/h6-7H,2-5H2,1H3/t6-,7+. The van der Waals surface area contributed by atoms with Gasteiger partial charge in [0.15, 0.2) is 0 Å². The number of carbonyl (C=O) groups excluding carboxylic acids is 2. The van der Waals surface area contributed by atoms with Crippen molar-refractivity contribution in [1.82, 2.24) is 4.31 Å². The molecule has 1 aliphatic carbocycles. The Morgan fingerprint density at radius 2 is 1.47 bits per heavy atom. The van der Waals surface area contributed by atoms with Crippen LogP contribution in [0.4, 0.5) is 0 Å². The molecule has 2 fully saturated rings. The summed E-state index contributed by atoms with van der Waals surface area (Å²) in [5.41, 5.74) is 0. The molecule has 6 heteroatoms. The second-order valence-corrected chi connectivity index (χ2v) is 6.03. The molecule has 0 radical (unpaired) electrons. The zero-order valence-corrected chi connectivity index (χ0v) is 9.29. The van der Waals surface area contributed by atoms with Crippen molar-refractivity contribution < 1.29 is 18.0 Å². The van der Waals surface area contributed by atoms with E-state index in [1.807, 2.05) is 0 Å². The maximum Gasteiger partial charge on any atom is 0.246 e. The molecule has 5 nitrogen and oxygen atoms in total. The third-order valence-electron chi connectivity index (χ3n) is 3.13. The molecule has 0 bridgehead atoms. The van der Waals surface area contributed by atoms with Gasteiger partial charge in [0.1, 0.15) is 0 Å². The molecule has 0 N–H and O–H groups in total. The highest BCUT2D eigenvalue weighted by atomic mass is 32.2. The number of fused-ring (bicyclic) bond motifs is 1. The topological polar surface area (TPSA) is 71.5 Å². The van der Waals surface area contributed by atoms with E-state index in [1.54, 1.807) is 0 Å². The molecular weight excluding hydrogens is 218 g/mol. The molecule has 0 aromatic heterocycles. The van der Waals surface area contributed by atoms with Crippen LogP contribution >= 0.6 is 0 Å². The van der Waals surface area contributed by atoms with E-state index in [2.05, 4.69) is 0 Å². The van der Waals surface area contributed by atoms with Crippen LogP contribution in [0.1, 0.15) is 25.7 Å². The van der Waals surface area contributed by atoms with Gasteiger partial charge in [-0.25, -0.2) is 8.42 Å². The molecule has 15 heavy (non-hydrogen) atoms. The highest BCUT2D eigenvalue weighted by Crippen LogP contribution is 2.38. The fourth-order valence-corrected chi connectivity index (χ4v) is 3.38. The largest absolute Gasteiger partial charge is 0.273 e. The average molecular weight is 231 g/mol. The molecule has 0 unspecified atom stereocenters. The third kappa shape index (κ3) is 1.56. The average Bonchev–Trinajstić information content (AvgIpc) is 2.39. The predicted octanol–water partition coefficient (Wildman–Crippen LogP) is 0.121. The molecule has 1 aliphatic heterocycles. The number of rotatable bonds is 1. The van der Waals surface area contributed by atoms with Crippen LogP contribution in [0, 0.1) is 11.8 Å². The quantitative estimate of drug-likeness (QED) is 0.601. The van der Waals surface area contributed by atoms with Crippen molar-refractivity contribution in [2.24, 2.45) is 11.8 Å². The zero-order chi connectivity index (χ0) is 11.2. The van der Waals surface area contributed by atoms with Crippen LogP contribution in [0.15, 0.2) is 0 Å². The fourth-order valence-electron chi connectivity index (χ4n) is 2.46. The van der Waals surface area contributed by atoms with E-state index in [-0.39, 0.29) is 11.8 Å². The molecule has 2 amide bonds. The lowest BCUT2D eigenvalue weighted by molar-refractivity contribution is -0.133. The number of hydrogen-bond donors (Lipinski definition) is 0. The lowest BCUT2D eigenvalue weighted by Crippen LogP contribution is -2.36. The van der Waals surface area contributed by atoms with Crippen molar-refractivity contribution in [2.45, 2.75) is 25.7 Å². The molecule has 0 spiro atoms. The summed E-state index contributed by atoms with van der Waals surface area (Å²) in [6.45, 7) is 0. The van der Waals surface area contributed by atoms with Gasteiger partial charge in [0.05, 0.1) is 18.1 Å². The Morgan fingerprint density at radius 1 is 1.07 bits per heavy atom. The molecule has 1 saturated heterocycles. The number of carbonyl (C=O) groups is 2. The van der Waals surface area contributed by atoms with Crippen LogP contribution in [0.2, 0.25) is 0 Å². The van der Waals surface area contributed by atoms with Crippen LogP contribution in [-0.4, -0.2) is 30.8 Å². The van der Waals surface area contributed by atoms with Gasteiger partial charge >= 0.3 is 0 Å². The maximum absolute atomic E-state index is 11.7. The first-order chi connectivity index (χ1) is 6.93. The summed E-state index contributed by atoms with van der Waals surface area (Å²) in [6, 6.07) is 0. The number of sulfonamides is 1. The summed E-state index contributed by atoms with van der Waals surface area (Å²) >= 11 is 0. The first-order valence-corrected chi connectivity index (χ1v) is 6.86. The minimum atomic E-state index is -3.72. The van der Waals surface area contributed by atoms with Crippen LogP contribution in [0.3, 0.4) is 0 Å². The SMILES string of the molecule is CS(=O)(=O)N1C(=O)[C@H]2CCCC[C@H]2C1=O. The molecule has 2 aliphatic rings. The van der Waals surface area contributed by atoms with Gasteiger partial charge in [0.25, 0.3) is 0 Å². The first-order valence-electron chi connectivity index (χ1n) is 5.01. The van der Waals surface area contributed by atoms with E-state index >= 15 is 0 Å². The van der Waals surface area contributed by atoms with Crippen molar-refractivity contribution in [3.05, 3.63) is 0 Å². The van der Waals surface area contributed by atoms with Crippen molar-refractivity contribution in [2.75, 3.05) is 6.26 Å². The maximum atomic E-state index is 11.7. The first kappa shape index (κ1) is 10.6. The van der Waals surface area contributed by atoms with E-state index in [4.69, 9.17) is 0 Å². The highest BCUT2D eigenvalue weighted by Gasteiger charge is 2.51. The molecule has 2 rings (SSSR count). The summed E-state index contributed by atoms with van der Waals surface area (Å²) in [4.78, 5) is 23.4. The molecule has 84 valence electrons. The van der Waals surface area contributed by atoms with Gasteiger partial charge in [0.2, 0.25) is 21.8 Å². The van der Waals surface area contributed by atoms with Crippen LogP contribution in [0.5, 0.6) is 0 Å². The Kier molecular flexibility index (Phi) is 2.33. The summed E-state index contributed by atoms with van der Waals surface area (Å²) < 4.78 is 23.0. The van der Waals surface area contributed by atoms with Crippen LogP contribution in [0.25, 0.3) is 0 Å². The van der Waals surface area contributed by atoms with Crippen LogP contribution < -0.4 is 0 Å². The smallest absolute Gasteiger partial charge is 0.246 e. The van der Waals surface area contributed by atoms with Crippen molar-refractivity contribution in [3.8, 4) is 0 Å².